The second-order valence-electron chi connectivity index (χ2n) is 8.38. The smallest absolute Gasteiger partial charge is 0.270 e. The summed E-state index contributed by atoms with van der Waals surface area (Å²) in [6.45, 7) is 0.0969. The average Bonchev–Trinajstić information content (AvgIpc) is 3.17. The van der Waals surface area contributed by atoms with Gasteiger partial charge in [0.1, 0.15) is 18.5 Å². The fraction of sp³-hybridized carbons (Fsp3) is 0.280. The maximum atomic E-state index is 13.5. The van der Waals surface area contributed by atoms with Gasteiger partial charge in [0.2, 0.25) is 0 Å². The number of nitro benzene ring substituents is 1. The van der Waals surface area contributed by atoms with E-state index in [0.717, 1.165) is 17.7 Å². The number of halogens is 1. The highest BCUT2D eigenvalue weighted by Gasteiger charge is 2.39. The van der Waals surface area contributed by atoms with E-state index in [-0.39, 0.29) is 30.1 Å². The van der Waals surface area contributed by atoms with Gasteiger partial charge in [-0.05, 0) is 22.8 Å². The molecule has 0 saturated heterocycles. The molecule has 2 heterocycles. The lowest BCUT2D eigenvalue weighted by atomic mass is 9.97. The fourth-order valence-corrected chi connectivity index (χ4v) is 4.79. The number of nitro groups is 1. The third-order valence-electron chi connectivity index (χ3n) is 6.26. The number of non-ortho nitro benzene ring substituents is 1. The van der Waals surface area contributed by atoms with Crippen LogP contribution in [-0.2, 0) is 33.2 Å². The fourth-order valence-electron chi connectivity index (χ4n) is 4.63. The molecule has 0 spiro atoms. The van der Waals surface area contributed by atoms with Crippen LogP contribution in [-0.4, -0.2) is 36.3 Å². The normalized spacial score (nSPS) is 20.9. The van der Waals surface area contributed by atoms with E-state index in [0.29, 0.717) is 34.6 Å². The van der Waals surface area contributed by atoms with Crippen LogP contribution in [0.3, 0.4) is 0 Å². The number of anilines is 1. The number of aliphatic imine (C=N–C) groups is 1. The van der Waals surface area contributed by atoms with Crippen molar-refractivity contribution in [3.63, 3.8) is 0 Å². The van der Waals surface area contributed by atoms with Crippen molar-refractivity contribution in [2.24, 2.45) is 4.99 Å². The van der Waals surface area contributed by atoms with Gasteiger partial charge in [-0.15, -0.1) is 11.6 Å². The van der Waals surface area contributed by atoms with Crippen LogP contribution in [0, 0.1) is 10.1 Å². The first-order valence-electron chi connectivity index (χ1n) is 10.9. The number of rotatable bonds is 6. The van der Waals surface area contributed by atoms with E-state index in [2.05, 4.69) is 4.99 Å². The van der Waals surface area contributed by atoms with Gasteiger partial charge in [0.25, 0.3) is 11.6 Å². The molecule has 0 N–H and O–H groups in total. The number of carbonyl (C=O) groups is 1. The number of benzene rings is 2. The monoisotopic (exact) mass is 479 g/mol. The molecule has 34 heavy (non-hydrogen) atoms. The standard InChI is InChI=1S/C25H22ClN3O5/c1-33-23-10-20-21(27-13-19-9-17-4-2-3-5-22(17)28(19)25(20)30)11-24(23)34-14-16-6-15(12-26)7-18(8-16)29(31)32/h2-8,11,13,19,23H,9-10,12,14H2,1H3/t19-,23?/m0/s1. The van der Waals surface area contributed by atoms with Crippen LogP contribution >= 0.6 is 11.6 Å². The Balaban J connectivity index is 1.42. The SMILES string of the molecule is COC1CC2=C(C=C1OCc1cc(CCl)cc([N+](=O)[O-])c1)N=C[C@@H]1Cc3ccccc3N1C2=O. The van der Waals surface area contributed by atoms with Gasteiger partial charge in [0, 0.05) is 61.5 Å². The maximum absolute atomic E-state index is 13.5. The van der Waals surface area contributed by atoms with Crippen molar-refractivity contribution in [1.29, 1.82) is 0 Å². The molecule has 0 saturated carbocycles. The number of hydrogen-bond acceptors (Lipinski definition) is 6. The second-order valence-corrected chi connectivity index (χ2v) is 8.65. The first kappa shape index (κ1) is 22.3. The largest absolute Gasteiger partial charge is 0.490 e. The molecule has 2 aliphatic heterocycles. The van der Waals surface area contributed by atoms with Gasteiger partial charge < -0.3 is 9.47 Å². The van der Waals surface area contributed by atoms with Gasteiger partial charge in [0.05, 0.1) is 16.7 Å². The van der Waals surface area contributed by atoms with Crippen molar-refractivity contribution in [2.75, 3.05) is 12.0 Å². The summed E-state index contributed by atoms with van der Waals surface area (Å²) in [6, 6.07) is 12.5. The molecule has 2 aromatic carbocycles. The van der Waals surface area contributed by atoms with Gasteiger partial charge in [-0.1, -0.05) is 24.3 Å². The third kappa shape index (κ3) is 3.99. The molecule has 174 valence electrons. The Morgan fingerprint density at radius 1 is 1.21 bits per heavy atom. The molecular weight excluding hydrogens is 458 g/mol. The quantitative estimate of drug-likeness (QED) is 0.346. The molecule has 0 fully saturated rings. The molecule has 0 aromatic heterocycles. The Bertz CT molecular complexity index is 1270. The van der Waals surface area contributed by atoms with Crippen molar-refractivity contribution in [1.82, 2.24) is 0 Å². The highest BCUT2D eigenvalue weighted by molar-refractivity contribution is 6.17. The van der Waals surface area contributed by atoms with E-state index in [9.17, 15) is 14.9 Å². The summed E-state index contributed by atoms with van der Waals surface area (Å²) in [5.41, 5.74) is 4.40. The summed E-state index contributed by atoms with van der Waals surface area (Å²) < 4.78 is 11.7. The van der Waals surface area contributed by atoms with Gasteiger partial charge in [0.15, 0.2) is 0 Å². The lowest BCUT2D eigenvalue weighted by Gasteiger charge is -2.27. The van der Waals surface area contributed by atoms with Crippen LogP contribution in [0.5, 0.6) is 0 Å². The summed E-state index contributed by atoms with van der Waals surface area (Å²) in [6.07, 6.45) is 4.12. The van der Waals surface area contributed by atoms with Crippen molar-refractivity contribution in [3.8, 4) is 0 Å². The van der Waals surface area contributed by atoms with E-state index in [1.54, 1.807) is 19.3 Å². The lowest BCUT2D eigenvalue weighted by molar-refractivity contribution is -0.385. The number of carbonyl (C=O) groups excluding carboxylic acids is 1. The third-order valence-corrected chi connectivity index (χ3v) is 6.57. The summed E-state index contributed by atoms with van der Waals surface area (Å²) in [7, 11) is 1.56. The van der Waals surface area contributed by atoms with Crippen LogP contribution in [0.15, 0.2) is 70.6 Å². The predicted octanol–water partition coefficient (Wildman–Crippen LogP) is 4.45. The first-order chi connectivity index (χ1) is 16.5. The molecule has 3 aliphatic rings. The van der Waals surface area contributed by atoms with E-state index in [1.807, 2.05) is 35.4 Å². The molecule has 1 amide bonds. The van der Waals surface area contributed by atoms with E-state index < -0.39 is 11.0 Å². The minimum absolute atomic E-state index is 0.0394. The Morgan fingerprint density at radius 3 is 2.76 bits per heavy atom. The zero-order chi connectivity index (χ0) is 23.8. The summed E-state index contributed by atoms with van der Waals surface area (Å²) >= 11 is 5.89. The summed E-state index contributed by atoms with van der Waals surface area (Å²) in [5.74, 6) is 0.601. The van der Waals surface area contributed by atoms with Crippen molar-refractivity contribution in [2.45, 2.75) is 37.5 Å². The number of hydrogen-bond donors (Lipinski definition) is 0. The number of methoxy groups -OCH3 is 1. The molecule has 5 rings (SSSR count). The van der Waals surface area contributed by atoms with Crippen molar-refractivity contribution < 1.29 is 19.2 Å². The van der Waals surface area contributed by atoms with Crippen molar-refractivity contribution in [3.05, 3.63) is 92.4 Å². The number of fused-ring (bicyclic) bond motifs is 3. The van der Waals surface area contributed by atoms with Gasteiger partial charge >= 0.3 is 0 Å². The van der Waals surface area contributed by atoms with Crippen LogP contribution < -0.4 is 4.90 Å². The molecule has 2 atom stereocenters. The number of nitrogens with zero attached hydrogens (tertiary/aromatic N) is 3. The minimum Gasteiger partial charge on any atom is -0.490 e. The number of allylic oxidation sites excluding steroid dienone is 1. The zero-order valence-corrected chi connectivity index (χ0v) is 19.2. The Kier molecular flexibility index (Phi) is 5.93. The number of ether oxygens (including phenoxy) is 2. The maximum Gasteiger partial charge on any atom is 0.270 e. The topological polar surface area (TPSA) is 94.3 Å². The lowest BCUT2D eigenvalue weighted by Crippen LogP contribution is -2.39. The molecule has 2 aromatic rings. The molecule has 0 radical (unpaired) electrons. The zero-order valence-electron chi connectivity index (χ0n) is 18.4. The van der Waals surface area contributed by atoms with E-state index in [1.165, 1.54) is 12.1 Å². The minimum atomic E-state index is -0.474. The Hall–Kier alpha value is -3.49. The molecule has 1 unspecified atom stereocenters. The van der Waals surface area contributed by atoms with Gasteiger partial charge in [-0.25, -0.2) is 0 Å². The first-order valence-corrected chi connectivity index (χ1v) is 11.4. The van der Waals surface area contributed by atoms with E-state index >= 15 is 0 Å². The average molecular weight is 480 g/mol. The molecule has 0 bridgehead atoms. The Labute approximate surface area is 201 Å². The number of alkyl halides is 1. The number of amides is 1. The van der Waals surface area contributed by atoms with Crippen LogP contribution in [0.1, 0.15) is 23.1 Å². The van der Waals surface area contributed by atoms with Crippen LogP contribution in [0.4, 0.5) is 11.4 Å². The highest BCUT2D eigenvalue weighted by atomic mass is 35.5. The van der Waals surface area contributed by atoms with Gasteiger partial charge in [-0.3, -0.25) is 24.8 Å². The molecule has 9 heteroatoms. The summed E-state index contributed by atoms with van der Waals surface area (Å²) in [5, 5.41) is 11.2. The molecule has 8 nitrogen and oxygen atoms in total. The molecule has 1 aliphatic carbocycles. The second kappa shape index (κ2) is 9.04. The Morgan fingerprint density at radius 2 is 2.00 bits per heavy atom. The van der Waals surface area contributed by atoms with Crippen molar-refractivity contribution >= 4 is 35.1 Å². The molecular formula is C25H22ClN3O5. The van der Waals surface area contributed by atoms with Crippen LogP contribution in [0.2, 0.25) is 0 Å². The predicted molar refractivity (Wildman–Crippen MR) is 128 cm³/mol. The highest BCUT2D eigenvalue weighted by Crippen LogP contribution is 2.38. The number of para-hydroxylation sites is 1. The van der Waals surface area contributed by atoms with Crippen LogP contribution in [0.25, 0.3) is 0 Å². The van der Waals surface area contributed by atoms with E-state index in [4.69, 9.17) is 21.1 Å². The van der Waals surface area contributed by atoms with Gasteiger partial charge in [-0.2, -0.15) is 0 Å². The summed E-state index contributed by atoms with van der Waals surface area (Å²) in [4.78, 5) is 30.8.